The Morgan fingerprint density at radius 1 is 1.32 bits per heavy atom. The van der Waals surface area contributed by atoms with Crippen molar-refractivity contribution in [3.05, 3.63) is 30.2 Å². The van der Waals surface area contributed by atoms with Crippen molar-refractivity contribution in [2.24, 2.45) is 0 Å². The summed E-state index contributed by atoms with van der Waals surface area (Å²) in [6.45, 7) is 5.40. The van der Waals surface area contributed by atoms with Crippen molar-refractivity contribution in [1.29, 1.82) is 0 Å². The van der Waals surface area contributed by atoms with Crippen LogP contribution < -0.4 is 10.1 Å². The van der Waals surface area contributed by atoms with Crippen molar-refractivity contribution < 1.29 is 9.53 Å². The lowest BCUT2D eigenvalue weighted by Gasteiger charge is -2.31. The normalized spacial score (nSPS) is 16.5. The van der Waals surface area contributed by atoms with Crippen LogP contribution in [-0.4, -0.2) is 21.5 Å². The highest BCUT2D eigenvalue weighted by Gasteiger charge is 2.35. The lowest BCUT2D eigenvalue weighted by Crippen LogP contribution is -2.45. The van der Waals surface area contributed by atoms with E-state index in [1.807, 2.05) is 25.1 Å². The highest BCUT2D eigenvalue weighted by atomic mass is 16.5. The Balaban J connectivity index is 2.03. The first kappa shape index (κ1) is 11.8. The number of aryl methyl sites for hydroxylation is 1. The first-order chi connectivity index (χ1) is 8.95. The average Bonchev–Trinajstić information content (AvgIpc) is 2.76. The minimum atomic E-state index is -0.852. The maximum Gasteiger partial charge on any atom is 0.268 e. The van der Waals surface area contributed by atoms with Gasteiger partial charge in [-0.25, -0.2) is 4.98 Å². The molecule has 1 aliphatic rings. The molecule has 2 N–H and O–H groups in total. The van der Waals surface area contributed by atoms with Crippen LogP contribution in [0.4, 0.5) is 5.69 Å². The minimum absolute atomic E-state index is 0.134. The van der Waals surface area contributed by atoms with Gasteiger partial charge in [-0.05, 0) is 32.9 Å². The van der Waals surface area contributed by atoms with E-state index in [4.69, 9.17) is 4.74 Å². The van der Waals surface area contributed by atoms with Gasteiger partial charge in [0, 0.05) is 5.56 Å². The van der Waals surface area contributed by atoms with Gasteiger partial charge in [0.15, 0.2) is 5.60 Å². The number of aromatic nitrogens is 2. The van der Waals surface area contributed by atoms with Gasteiger partial charge in [-0.15, -0.1) is 0 Å². The number of ether oxygens (including phenoxy) is 1. The molecule has 5 heteroatoms. The third-order valence-electron chi connectivity index (χ3n) is 3.16. The summed E-state index contributed by atoms with van der Waals surface area (Å²) in [7, 11) is 0. The van der Waals surface area contributed by atoms with Crippen molar-refractivity contribution in [2.45, 2.75) is 26.4 Å². The van der Waals surface area contributed by atoms with Gasteiger partial charge in [-0.1, -0.05) is 6.07 Å². The van der Waals surface area contributed by atoms with Crippen LogP contribution in [0.5, 0.6) is 5.75 Å². The second kappa shape index (κ2) is 3.85. The molecule has 98 valence electrons. The molecule has 0 bridgehead atoms. The lowest BCUT2D eigenvalue weighted by molar-refractivity contribution is -0.129. The molecule has 0 unspecified atom stereocenters. The van der Waals surface area contributed by atoms with Gasteiger partial charge in [-0.3, -0.25) is 4.79 Å². The zero-order valence-electron chi connectivity index (χ0n) is 11.1. The molecule has 19 heavy (non-hydrogen) atoms. The van der Waals surface area contributed by atoms with E-state index in [0.29, 0.717) is 11.4 Å². The van der Waals surface area contributed by atoms with Gasteiger partial charge in [0.2, 0.25) is 0 Å². The number of nitrogens with zero attached hydrogens (tertiary/aromatic N) is 1. The van der Waals surface area contributed by atoms with E-state index in [0.717, 1.165) is 17.1 Å². The van der Waals surface area contributed by atoms with E-state index in [2.05, 4.69) is 15.3 Å². The molecular formula is C14H15N3O2. The van der Waals surface area contributed by atoms with E-state index in [-0.39, 0.29) is 5.91 Å². The van der Waals surface area contributed by atoms with E-state index >= 15 is 0 Å². The second-order valence-electron chi connectivity index (χ2n) is 5.16. The van der Waals surface area contributed by atoms with Gasteiger partial charge in [0.1, 0.15) is 11.6 Å². The predicted octanol–water partition coefficient (Wildman–Crippen LogP) is 2.49. The molecule has 3 rings (SSSR count). The molecule has 5 nitrogen and oxygen atoms in total. The first-order valence-corrected chi connectivity index (χ1v) is 6.12. The number of nitrogens with one attached hydrogen (secondary N) is 2. The molecule has 1 amide bonds. The number of carbonyl (C=O) groups excluding carboxylic acids is 1. The highest BCUT2D eigenvalue weighted by molar-refractivity contribution is 6.00. The largest absolute Gasteiger partial charge is 0.476 e. The summed E-state index contributed by atoms with van der Waals surface area (Å²) in [5, 5.41) is 2.84. The fraction of sp³-hybridized carbons (Fsp3) is 0.286. The number of aromatic amines is 1. The van der Waals surface area contributed by atoms with Crippen LogP contribution >= 0.6 is 0 Å². The Morgan fingerprint density at radius 3 is 2.79 bits per heavy atom. The van der Waals surface area contributed by atoms with Crippen molar-refractivity contribution in [2.75, 3.05) is 5.32 Å². The van der Waals surface area contributed by atoms with E-state index in [1.54, 1.807) is 20.0 Å². The summed E-state index contributed by atoms with van der Waals surface area (Å²) in [6, 6.07) is 5.67. The Morgan fingerprint density at radius 2 is 2.11 bits per heavy atom. The van der Waals surface area contributed by atoms with Gasteiger partial charge in [0.25, 0.3) is 5.91 Å². The van der Waals surface area contributed by atoms with Gasteiger partial charge >= 0.3 is 0 Å². The number of imidazole rings is 1. The van der Waals surface area contributed by atoms with E-state index < -0.39 is 5.60 Å². The molecular weight excluding hydrogens is 242 g/mol. The Bertz CT molecular complexity index is 658. The standard InChI is InChI=1S/C14H15N3O2/c1-8-15-7-11(16-8)9-4-5-10-12(6-9)19-14(2,3)13(18)17-10/h4-7H,1-3H3,(H,15,16)(H,17,18). The molecule has 1 aromatic carbocycles. The number of benzene rings is 1. The summed E-state index contributed by atoms with van der Waals surface area (Å²) < 4.78 is 5.75. The van der Waals surface area contributed by atoms with Crippen LogP contribution in [0.1, 0.15) is 19.7 Å². The number of carbonyl (C=O) groups is 1. The molecule has 2 aromatic rings. The smallest absolute Gasteiger partial charge is 0.268 e. The van der Waals surface area contributed by atoms with Crippen LogP contribution in [0.3, 0.4) is 0 Å². The fourth-order valence-corrected chi connectivity index (χ4v) is 2.04. The highest BCUT2D eigenvalue weighted by Crippen LogP contribution is 2.36. The summed E-state index contributed by atoms with van der Waals surface area (Å²) in [6.07, 6.45) is 1.78. The topological polar surface area (TPSA) is 67.0 Å². The molecule has 0 spiro atoms. The lowest BCUT2D eigenvalue weighted by atomic mass is 10.0. The van der Waals surface area contributed by atoms with Crippen molar-refractivity contribution in [1.82, 2.24) is 9.97 Å². The van der Waals surface area contributed by atoms with Gasteiger partial charge in [-0.2, -0.15) is 0 Å². The van der Waals surface area contributed by atoms with Crippen molar-refractivity contribution in [3.63, 3.8) is 0 Å². The molecule has 0 atom stereocenters. The van der Waals surface area contributed by atoms with Crippen molar-refractivity contribution >= 4 is 11.6 Å². The number of amides is 1. The van der Waals surface area contributed by atoms with E-state index in [9.17, 15) is 4.79 Å². The van der Waals surface area contributed by atoms with Gasteiger partial charge < -0.3 is 15.0 Å². The number of hydrogen-bond donors (Lipinski definition) is 2. The fourth-order valence-electron chi connectivity index (χ4n) is 2.04. The summed E-state index contributed by atoms with van der Waals surface area (Å²) in [5.41, 5.74) is 1.75. The first-order valence-electron chi connectivity index (χ1n) is 6.12. The summed E-state index contributed by atoms with van der Waals surface area (Å²) in [4.78, 5) is 19.1. The van der Waals surface area contributed by atoms with Crippen molar-refractivity contribution in [3.8, 4) is 17.0 Å². The van der Waals surface area contributed by atoms with Crippen LogP contribution in [0.15, 0.2) is 24.4 Å². The molecule has 1 aliphatic heterocycles. The predicted molar refractivity (Wildman–Crippen MR) is 72.1 cm³/mol. The molecule has 0 fully saturated rings. The molecule has 0 radical (unpaired) electrons. The number of anilines is 1. The zero-order chi connectivity index (χ0) is 13.6. The zero-order valence-corrected chi connectivity index (χ0v) is 11.1. The molecule has 0 saturated heterocycles. The Kier molecular flexibility index (Phi) is 2.38. The third-order valence-corrected chi connectivity index (χ3v) is 3.16. The maximum absolute atomic E-state index is 11.8. The average molecular weight is 257 g/mol. The number of hydrogen-bond acceptors (Lipinski definition) is 3. The number of rotatable bonds is 1. The van der Waals surface area contributed by atoms with Gasteiger partial charge in [0.05, 0.1) is 17.6 Å². The number of fused-ring (bicyclic) bond motifs is 1. The second-order valence-corrected chi connectivity index (χ2v) is 5.16. The van der Waals surface area contributed by atoms with Crippen LogP contribution in [0.2, 0.25) is 0 Å². The Labute approximate surface area is 111 Å². The summed E-state index contributed by atoms with van der Waals surface area (Å²) in [5.74, 6) is 1.40. The Hall–Kier alpha value is -2.30. The molecule has 0 aliphatic carbocycles. The number of H-pyrrole nitrogens is 1. The molecule has 0 saturated carbocycles. The quantitative estimate of drug-likeness (QED) is 0.824. The van der Waals surface area contributed by atoms with Crippen LogP contribution in [0.25, 0.3) is 11.3 Å². The van der Waals surface area contributed by atoms with Crippen LogP contribution in [0, 0.1) is 6.92 Å². The minimum Gasteiger partial charge on any atom is -0.476 e. The molecule has 2 heterocycles. The summed E-state index contributed by atoms with van der Waals surface area (Å²) >= 11 is 0. The van der Waals surface area contributed by atoms with Crippen LogP contribution in [-0.2, 0) is 4.79 Å². The SMILES string of the molecule is Cc1ncc(-c2ccc3c(c2)OC(C)(C)C(=O)N3)[nH]1. The van der Waals surface area contributed by atoms with E-state index in [1.165, 1.54) is 0 Å². The monoisotopic (exact) mass is 257 g/mol. The molecule has 1 aromatic heterocycles. The maximum atomic E-state index is 11.8. The third kappa shape index (κ3) is 1.97.